The average Bonchev–Trinajstić information content (AvgIpc) is 2.38. The molecule has 1 aromatic heterocycles. The lowest BCUT2D eigenvalue weighted by Crippen LogP contribution is -2.46. The Balaban J connectivity index is 2.43. The minimum absolute atomic E-state index is 0.0197. The maximum Gasteiger partial charge on any atom is 0.322 e. The number of hydrogen-bond acceptors (Lipinski definition) is 4. The fourth-order valence-electron chi connectivity index (χ4n) is 1.81. The molecule has 8 heteroatoms. The first-order valence-electron chi connectivity index (χ1n) is 5.43. The van der Waals surface area contributed by atoms with E-state index < -0.39 is 22.0 Å². The zero-order valence-corrected chi connectivity index (χ0v) is 11.3. The highest BCUT2D eigenvalue weighted by atomic mass is 35.5. The van der Waals surface area contributed by atoms with E-state index in [0.29, 0.717) is 0 Å². The van der Waals surface area contributed by atoms with E-state index in [1.54, 1.807) is 12.2 Å². The predicted octanol–water partition coefficient (Wildman–Crippen LogP) is 1.14. The van der Waals surface area contributed by atoms with E-state index in [1.165, 1.54) is 12.3 Å². The molecule has 1 atom stereocenters. The van der Waals surface area contributed by atoms with Crippen molar-refractivity contribution in [3.05, 3.63) is 35.6 Å². The van der Waals surface area contributed by atoms with Crippen molar-refractivity contribution in [2.45, 2.75) is 17.4 Å². The van der Waals surface area contributed by atoms with Crippen molar-refractivity contribution < 1.29 is 18.3 Å². The number of carboxylic acids is 1. The van der Waals surface area contributed by atoms with Crippen molar-refractivity contribution >= 4 is 27.6 Å². The number of rotatable bonds is 3. The summed E-state index contributed by atoms with van der Waals surface area (Å²) >= 11 is 5.71. The van der Waals surface area contributed by atoms with Crippen LogP contribution in [0, 0.1) is 0 Å². The third-order valence-corrected chi connectivity index (χ3v) is 4.78. The Labute approximate surface area is 115 Å². The van der Waals surface area contributed by atoms with Gasteiger partial charge >= 0.3 is 5.97 Å². The molecule has 0 aromatic carbocycles. The molecule has 0 radical (unpaired) electrons. The van der Waals surface area contributed by atoms with Crippen molar-refractivity contribution in [1.29, 1.82) is 0 Å². The lowest BCUT2D eigenvalue weighted by Gasteiger charge is -2.28. The molecular weight excluding hydrogens is 292 g/mol. The second-order valence-electron chi connectivity index (χ2n) is 3.97. The van der Waals surface area contributed by atoms with Gasteiger partial charge in [-0.2, -0.15) is 4.31 Å². The molecule has 1 N–H and O–H groups in total. The van der Waals surface area contributed by atoms with Crippen LogP contribution in [0.15, 0.2) is 35.5 Å². The molecule has 19 heavy (non-hydrogen) atoms. The van der Waals surface area contributed by atoms with Gasteiger partial charge in [-0.25, -0.2) is 8.42 Å². The largest absolute Gasteiger partial charge is 0.480 e. The van der Waals surface area contributed by atoms with Gasteiger partial charge in [0, 0.05) is 18.9 Å². The molecule has 0 saturated heterocycles. The summed E-state index contributed by atoms with van der Waals surface area (Å²) < 4.78 is 25.7. The molecule has 1 aliphatic rings. The molecule has 1 aliphatic heterocycles. The molecule has 0 spiro atoms. The number of halogens is 1. The van der Waals surface area contributed by atoms with Gasteiger partial charge < -0.3 is 5.11 Å². The Kier molecular flexibility index (Phi) is 3.88. The lowest BCUT2D eigenvalue weighted by atomic mass is 10.1. The zero-order chi connectivity index (χ0) is 14.0. The minimum atomic E-state index is -3.92. The van der Waals surface area contributed by atoms with Crippen LogP contribution in [0.1, 0.15) is 6.42 Å². The first-order chi connectivity index (χ1) is 8.93. The first kappa shape index (κ1) is 14.0. The fraction of sp³-hybridized carbons (Fsp3) is 0.273. The van der Waals surface area contributed by atoms with Gasteiger partial charge in [-0.15, -0.1) is 0 Å². The number of carboxylic acid groups (broad SMARTS) is 1. The SMILES string of the molecule is O=C(O)C1CC=CCN1S(=O)(=O)c1cncc(Cl)c1. The Morgan fingerprint density at radius 2 is 2.16 bits per heavy atom. The summed E-state index contributed by atoms with van der Waals surface area (Å²) in [6.45, 7) is 0.0197. The molecule has 0 saturated carbocycles. The second kappa shape index (κ2) is 5.28. The Bertz CT molecular complexity index is 629. The summed E-state index contributed by atoms with van der Waals surface area (Å²) in [6, 6.07) is 0.148. The highest BCUT2D eigenvalue weighted by Crippen LogP contribution is 2.23. The van der Waals surface area contributed by atoms with Crippen molar-refractivity contribution in [1.82, 2.24) is 9.29 Å². The van der Waals surface area contributed by atoms with Crippen molar-refractivity contribution in [3.8, 4) is 0 Å². The second-order valence-corrected chi connectivity index (χ2v) is 6.30. The van der Waals surface area contributed by atoms with E-state index in [2.05, 4.69) is 4.98 Å². The van der Waals surface area contributed by atoms with Crippen LogP contribution < -0.4 is 0 Å². The molecule has 2 heterocycles. The van der Waals surface area contributed by atoms with Crippen LogP contribution in [0.4, 0.5) is 0 Å². The zero-order valence-electron chi connectivity index (χ0n) is 9.73. The summed E-state index contributed by atoms with van der Waals surface area (Å²) in [5.74, 6) is -1.18. The average molecular weight is 303 g/mol. The number of sulfonamides is 1. The van der Waals surface area contributed by atoms with Gasteiger partial charge in [-0.3, -0.25) is 9.78 Å². The van der Waals surface area contributed by atoms with Crippen LogP contribution in [0.5, 0.6) is 0 Å². The fourth-order valence-corrected chi connectivity index (χ4v) is 3.58. The van der Waals surface area contributed by atoms with E-state index in [1.807, 2.05) is 0 Å². The highest BCUT2D eigenvalue weighted by molar-refractivity contribution is 7.89. The topological polar surface area (TPSA) is 87.6 Å². The highest BCUT2D eigenvalue weighted by Gasteiger charge is 2.36. The smallest absolute Gasteiger partial charge is 0.322 e. The number of hydrogen-bond donors (Lipinski definition) is 1. The molecule has 1 aromatic rings. The predicted molar refractivity (Wildman–Crippen MR) is 68.3 cm³/mol. The maximum atomic E-state index is 12.4. The van der Waals surface area contributed by atoms with Gasteiger partial charge in [0.1, 0.15) is 10.9 Å². The normalized spacial score (nSPS) is 20.4. The van der Waals surface area contributed by atoms with E-state index in [4.69, 9.17) is 16.7 Å². The van der Waals surface area contributed by atoms with Crippen LogP contribution in [0.25, 0.3) is 0 Å². The molecule has 0 aliphatic carbocycles. The molecule has 1 unspecified atom stereocenters. The molecule has 0 amide bonds. The van der Waals surface area contributed by atoms with Gasteiger partial charge in [-0.05, 0) is 12.5 Å². The van der Waals surface area contributed by atoms with E-state index >= 15 is 0 Å². The van der Waals surface area contributed by atoms with Crippen LogP contribution in [0.3, 0.4) is 0 Å². The van der Waals surface area contributed by atoms with Crippen LogP contribution in [-0.2, 0) is 14.8 Å². The summed E-state index contributed by atoms with van der Waals surface area (Å²) in [6.07, 6.45) is 5.88. The number of aliphatic carboxylic acids is 1. The van der Waals surface area contributed by atoms with Crippen molar-refractivity contribution in [2.24, 2.45) is 0 Å². The van der Waals surface area contributed by atoms with Crippen LogP contribution in [-0.4, -0.2) is 41.4 Å². The third-order valence-electron chi connectivity index (χ3n) is 2.73. The van der Waals surface area contributed by atoms with Gasteiger partial charge in [0.25, 0.3) is 0 Å². The van der Waals surface area contributed by atoms with Gasteiger partial charge in [0.05, 0.1) is 5.02 Å². The molecule has 0 bridgehead atoms. The molecule has 0 fully saturated rings. The van der Waals surface area contributed by atoms with Gasteiger partial charge in [0.2, 0.25) is 10.0 Å². The number of carbonyl (C=O) groups is 1. The van der Waals surface area contributed by atoms with Crippen LogP contribution >= 0.6 is 11.6 Å². The molecule has 2 rings (SSSR count). The summed E-state index contributed by atoms with van der Waals surface area (Å²) in [7, 11) is -3.92. The Morgan fingerprint density at radius 1 is 1.42 bits per heavy atom. The number of aromatic nitrogens is 1. The Hall–Kier alpha value is -1.44. The number of pyridine rings is 1. The van der Waals surface area contributed by atoms with Crippen molar-refractivity contribution in [3.63, 3.8) is 0 Å². The van der Waals surface area contributed by atoms with Gasteiger partial charge in [0.15, 0.2) is 0 Å². The molecule has 6 nitrogen and oxygen atoms in total. The summed E-state index contributed by atoms with van der Waals surface area (Å²) in [4.78, 5) is 14.7. The third kappa shape index (κ3) is 2.78. The minimum Gasteiger partial charge on any atom is -0.480 e. The lowest BCUT2D eigenvalue weighted by molar-refractivity contribution is -0.141. The number of nitrogens with zero attached hydrogens (tertiary/aromatic N) is 2. The van der Waals surface area contributed by atoms with Crippen molar-refractivity contribution in [2.75, 3.05) is 6.54 Å². The van der Waals surface area contributed by atoms with Gasteiger partial charge in [-0.1, -0.05) is 23.8 Å². The summed E-state index contributed by atoms with van der Waals surface area (Å²) in [5.41, 5.74) is 0. The first-order valence-corrected chi connectivity index (χ1v) is 7.25. The quantitative estimate of drug-likeness (QED) is 0.846. The van der Waals surface area contributed by atoms with E-state index in [0.717, 1.165) is 10.5 Å². The Morgan fingerprint density at radius 3 is 2.79 bits per heavy atom. The molecular formula is C11H11ClN2O4S. The monoisotopic (exact) mass is 302 g/mol. The summed E-state index contributed by atoms with van der Waals surface area (Å²) in [5, 5.41) is 9.27. The molecule has 102 valence electrons. The van der Waals surface area contributed by atoms with E-state index in [9.17, 15) is 13.2 Å². The van der Waals surface area contributed by atoms with Crippen LogP contribution in [0.2, 0.25) is 5.02 Å². The maximum absolute atomic E-state index is 12.4. The van der Waals surface area contributed by atoms with E-state index in [-0.39, 0.29) is 22.9 Å². The standard InChI is InChI=1S/C11H11ClN2O4S/c12-8-5-9(7-13-6-8)19(17,18)14-4-2-1-3-10(14)11(15)16/h1-2,5-7,10H,3-4H2,(H,15,16).